The number of benzene rings is 2. The highest BCUT2D eigenvalue weighted by atomic mass is 32.2. The molecule has 1 aliphatic heterocycles. The second-order valence-corrected chi connectivity index (χ2v) is 10.3. The highest BCUT2D eigenvalue weighted by Gasteiger charge is 2.35. The van der Waals surface area contributed by atoms with Crippen molar-refractivity contribution in [1.82, 2.24) is 14.6 Å². The normalized spacial score (nSPS) is 16.5. The third-order valence-corrected chi connectivity index (χ3v) is 8.42. The number of nitrogens with one attached hydrogen (secondary N) is 2. The van der Waals surface area contributed by atoms with Gasteiger partial charge in [0.15, 0.2) is 0 Å². The van der Waals surface area contributed by atoms with Crippen LogP contribution in [0.3, 0.4) is 0 Å². The monoisotopic (exact) mass is 482 g/mol. The summed E-state index contributed by atoms with van der Waals surface area (Å²) in [6, 6.07) is 14.3. The first-order valence-corrected chi connectivity index (χ1v) is 13.0. The maximum Gasteiger partial charge on any atom is 0.243 e. The SMILES string of the molecule is CCN(CC)S(=O)(=O)c1ccc(N2CC(C(=O)NCCc3c[nH]c4ccccc34)CC2=O)cc1. The van der Waals surface area contributed by atoms with Crippen LogP contribution in [0.5, 0.6) is 0 Å². The van der Waals surface area contributed by atoms with Crippen LogP contribution in [0.4, 0.5) is 5.69 Å². The zero-order chi connectivity index (χ0) is 24.3. The molecule has 1 aromatic heterocycles. The molecule has 1 aliphatic rings. The number of carbonyl (C=O) groups is 2. The molecule has 2 N–H and O–H groups in total. The summed E-state index contributed by atoms with van der Waals surface area (Å²) in [5.41, 5.74) is 2.80. The molecule has 180 valence electrons. The minimum Gasteiger partial charge on any atom is -0.361 e. The van der Waals surface area contributed by atoms with Gasteiger partial charge >= 0.3 is 0 Å². The number of sulfonamides is 1. The molecule has 2 aromatic carbocycles. The molecule has 0 bridgehead atoms. The minimum absolute atomic E-state index is 0.137. The van der Waals surface area contributed by atoms with Gasteiger partial charge < -0.3 is 15.2 Å². The van der Waals surface area contributed by atoms with Gasteiger partial charge in [-0.15, -0.1) is 0 Å². The largest absolute Gasteiger partial charge is 0.361 e. The Morgan fingerprint density at radius 3 is 2.53 bits per heavy atom. The van der Waals surface area contributed by atoms with E-state index in [4.69, 9.17) is 0 Å². The number of para-hydroxylation sites is 1. The Balaban J connectivity index is 1.35. The number of rotatable bonds is 9. The first-order valence-electron chi connectivity index (χ1n) is 11.6. The molecule has 2 amide bonds. The Morgan fingerprint density at radius 1 is 1.12 bits per heavy atom. The zero-order valence-electron chi connectivity index (χ0n) is 19.5. The number of fused-ring (bicyclic) bond motifs is 1. The molecule has 0 aliphatic carbocycles. The topological polar surface area (TPSA) is 103 Å². The van der Waals surface area contributed by atoms with Crippen LogP contribution in [0.1, 0.15) is 25.8 Å². The van der Waals surface area contributed by atoms with Crippen molar-refractivity contribution in [1.29, 1.82) is 0 Å². The number of amides is 2. The molecule has 3 aromatic rings. The van der Waals surface area contributed by atoms with Gasteiger partial charge in [-0.2, -0.15) is 4.31 Å². The first-order chi connectivity index (χ1) is 16.3. The molecule has 8 nitrogen and oxygen atoms in total. The molecule has 1 fully saturated rings. The Kier molecular flexibility index (Phi) is 7.04. The third kappa shape index (κ3) is 4.71. The number of aromatic amines is 1. The van der Waals surface area contributed by atoms with E-state index in [1.807, 2.05) is 24.4 Å². The van der Waals surface area contributed by atoms with Crippen molar-refractivity contribution in [3.8, 4) is 0 Å². The number of hydrogen-bond donors (Lipinski definition) is 2. The number of carbonyl (C=O) groups excluding carboxylic acids is 2. The van der Waals surface area contributed by atoms with Gasteiger partial charge in [-0.1, -0.05) is 32.0 Å². The number of aromatic nitrogens is 1. The van der Waals surface area contributed by atoms with E-state index in [1.54, 1.807) is 30.9 Å². The van der Waals surface area contributed by atoms with E-state index in [0.717, 1.165) is 16.5 Å². The molecule has 34 heavy (non-hydrogen) atoms. The average molecular weight is 483 g/mol. The van der Waals surface area contributed by atoms with Gasteiger partial charge in [0.05, 0.1) is 10.8 Å². The van der Waals surface area contributed by atoms with Gasteiger partial charge in [-0.05, 0) is 42.3 Å². The van der Waals surface area contributed by atoms with E-state index in [2.05, 4.69) is 16.4 Å². The molecule has 1 atom stereocenters. The number of anilines is 1. The van der Waals surface area contributed by atoms with Crippen molar-refractivity contribution in [2.75, 3.05) is 31.1 Å². The lowest BCUT2D eigenvalue weighted by molar-refractivity contribution is -0.126. The molecule has 9 heteroatoms. The van der Waals surface area contributed by atoms with Crippen LogP contribution in [0.2, 0.25) is 0 Å². The Bertz CT molecular complexity index is 1280. The van der Waals surface area contributed by atoms with E-state index in [0.29, 0.717) is 31.7 Å². The fraction of sp³-hybridized carbons (Fsp3) is 0.360. The predicted molar refractivity (Wildman–Crippen MR) is 132 cm³/mol. The van der Waals surface area contributed by atoms with Crippen molar-refractivity contribution in [2.45, 2.75) is 31.6 Å². The maximum atomic E-state index is 12.7. The minimum atomic E-state index is -3.56. The lowest BCUT2D eigenvalue weighted by Gasteiger charge is -2.20. The Hall–Kier alpha value is -3.17. The summed E-state index contributed by atoms with van der Waals surface area (Å²) in [7, 11) is -3.56. The fourth-order valence-electron chi connectivity index (χ4n) is 4.45. The molecule has 2 heterocycles. The van der Waals surface area contributed by atoms with Crippen LogP contribution in [0.15, 0.2) is 59.6 Å². The molecule has 1 unspecified atom stereocenters. The summed E-state index contributed by atoms with van der Waals surface area (Å²) >= 11 is 0. The molecule has 1 saturated heterocycles. The third-order valence-electron chi connectivity index (χ3n) is 6.36. The van der Waals surface area contributed by atoms with Crippen molar-refractivity contribution < 1.29 is 18.0 Å². The summed E-state index contributed by atoms with van der Waals surface area (Å²) in [6.45, 7) is 5.14. The van der Waals surface area contributed by atoms with Crippen LogP contribution in [-0.2, 0) is 26.0 Å². The van der Waals surface area contributed by atoms with Crippen molar-refractivity contribution in [3.05, 3.63) is 60.3 Å². The molecule has 0 spiro atoms. The van der Waals surface area contributed by atoms with Crippen LogP contribution < -0.4 is 10.2 Å². The van der Waals surface area contributed by atoms with E-state index in [1.165, 1.54) is 16.4 Å². The first kappa shape index (κ1) is 24.0. The second kappa shape index (κ2) is 9.99. The number of nitrogens with zero attached hydrogens (tertiary/aromatic N) is 2. The number of H-pyrrole nitrogens is 1. The standard InChI is InChI=1S/C25H30N4O4S/c1-3-28(4-2)34(32,33)21-11-9-20(10-12-21)29-17-19(15-24(29)30)25(31)26-14-13-18-16-27-23-8-6-5-7-22(18)23/h5-12,16,19,27H,3-4,13-15,17H2,1-2H3,(H,26,31). The van der Waals surface area contributed by atoms with Crippen molar-refractivity contribution in [3.63, 3.8) is 0 Å². The zero-order valence-corrected chi connectivity index (χ0v) is 20.3. The quantitative estimate of drug-likeness (QED) is 0.490. The summed E-state index contributed by atoms with van der Waals surface area (Å²) in [6.07, 6.45) is 2.79. The van der Waals surface area contributed by atoms with E-state index >= 15 is 0 Å². The van der Waals surface area contributed by atoms with E-state index in [-0.39, 0.29) is 29.7 Å². The van der Waals surface area contributed by atoms with E-state index < -0.39 is 15.9 Å². The average Bonchev–Trinajstić information content (AvgIpc) is 3.43. The van der Waals surface area contributed by atoms with Crippen LogP contribution in [0.25, 0.3) is 10.9 Å². The van der Waals surface area contributed by atoms with Crippen molar-refractivity contribution in [2.24, 2.45) is 5.92 Å². The lowest BCUT2D eigenvalue weighted by Crippen LogP contribution is -2.34. The lowest BCUT2D eigenvalue weighted by atomic mass is 10.1. The van der Waals surface area contributed by atoms with Crippen LogP contribution in [-0.4, -0.2) is 55.7 Å². The highest BCUT2D eigenvalue weighted by Crippen LogP contribution is 2.27. The van der Waals surface area contributed by atoms with Gasteiger partial charge in [0, 0.05) is 55.4 Å². The predicted octanol–water partition coefficient (Wildman–Crippen LogP) is 2.91. The van der Waals surface area contributed by atoms with Crippen molar-refractivity contribution >= 4 is 38.4 Å². The maximum absolute atomic E-state index is 12.7. The van der Waals surface area contributed by atoms with Gasteiger partial charge in [-0.3, -0.25) is 9.59 Å². The summed E-state index contributed by atoms with van der Waals surface area (Å²) in [5.74, 6) is -0.720. The molecule has 4 rings (SSSR count). The summed E-state index contributed by atoms with van der Waals surface area (Å²) in [5, 5.41) is 4.10. The van der Waals surface area contributed by atoms with Gasteiger partial charge in [0.1, 0.15) is 0 Å². The van der Waals surface area contributed by atoms with Crippen LogP contribution in [0, 0.1) is 5.92 Å². The summed E-state index contributed by atoms with van der Waals surface area (Å²) < 4.78 is 26.8. The summed E-state index contributed by atoms with van der Waals surface area (Å²) in [4.78, 5) is 30.3. The fourth-order valence-corrected chi connectivity index (χ4v) is 5.90. The Morgan fingerprint density at radius 2 is 1.82 bits per heavy atom. The highest BCUT2D eigenvalue weighted by molar-refractivity contribution is 7.89. The van der Waals surface area contributed by atoms with Gasteiger partial charge in [-0.25, -0.2) is 8.42 Å². The number of hydrogen-bond acceptors (Lipinski definition) is 4. The van der Waals surface area contributed by atoms with Gasteiger partial charge in [0.2, 0.25) is 21.8 Å². The molecule has 0 saturated carbocycles. The smallest absolute Gasteiger partial charge is 0.243 e. The molecule has 0 radical (unpaired) electrons. The Labute approximate surface area is 200 Å². The molecular formula is C25H30N4O4S. The van der Waals surface area contributed by atoms with Gasteiger partial charge in [0.25, 0.3) is 0 Å². The molecular weight excluding hydrogens is 452 g/mol. The van der Waals surface area contributed by atoms with E-state index in [9.17, 15) is 18.0 Å². The van der Waals surface area contributed by atoms with Crippen LogP contribution >= 0.6 is 0 Å². The second-order valence-electron chi connectivity index (χ2n) is 8.39.